The van der Waals surface area contributed by atoms with Gasteiger partial charge in [0, 0.05) is 26.7 Å². The number of carbonyl (C=O) groups excluding carboxylic acids is 1. The molecule has 2 N–H and O–H groups in total. The topological polar surface area (TPSA) is 108 Å². The highest BCUT2D eigenvalue weighted by Gasteiger charge is 2.25. The predicted molar refractivity (Wildman–Crippen MR) is 99.5 cm³/mol. The Morgan fingerprint density at radius 3 is 2.63 bits per heavy atom. The molecular weight excluding hydrogens is 368 g/mol. The quantitative estimate of drug-likeness (QED) is 0.673. The lowest BCUT2D eigenvalue weighted by Crippen LogP contribution is -2.23. The lowest BCUT2D eigenvalue weighted by molar-refractivity contribution is 0.0828. The number of furan rings is 1. The van der Waals surface area contributed by atoms with E-state index in [1.54, 1.807) is 21.0 Å². The number of rotatable bonds is 6. The summed E-state index contributed by atoms with van der Waals surface area (Å²) < 4.78 is 33.5. The number of aryl methyl sites for hydroxylation is 1. The number of nitrogens with zero attached hydrogens (tertiary/aromatic N) is 2. The van der Waals surface area contributed by atoms with Crippen LogP contribution in [0.4, 0.5) is 0 Å². The number of hydrogen-bond donors (Lipinski definition) is 2. The van der Waals surface area contributed by atoms with Gasteiger partial charge >= 0.3 is 0 Å². The maximum atomic E-state index is 12.7. The van der Waals surface area contributed by atoms with E-state index in [4.69, 9.17) is 4.42 Å². The van der Waals surface area contributed by atoms with Gasteiger partial charge in [0.15, 0.2) is 5.76 Å². The van der Waals surface area contributed by atoms with Crippen molar-refractivity contribution in [3.63, 3.8) is 0 Å². The molecule has 3 rings (SSSR count). The average Bonchev–Trinajstić information content (AvgIpc) is 3.27. The van der Waals surface area contributed by atoms with Crippen LogP contribution in [0.25, 0.3) is 11.5 Å². The van der Waals surface area contributed by atoms with Crippen molar-refractivity contribution in [2.75, 3.05) is 14.1 Å². The molecule has 0 spiro atoms. The fourth-order valence-corrected chi connectivity index (χ4v) is 3.78. The van der Waals surface area contributed by atoms with Crippen LogP contribution < -0.4 is 4.72 Å². The Bertz CT molecular complexity index is 1050. The summed E-state index contributed by atoms with van der Waals surface area (Å²) in [6, 6.07) is 10.6. The van der Waals surface area contributed by atoms with E-state index in [0.29, 0.717) is 11.3 Å². The first kappa shape index (κ1) is 18.9. The van der Waals surface area contributed by atoms with E-state index in [2.05, 4.69) is 14.9 Å². The molecule has 0 fully saturated rings. The van der Waals surface area contributed by atoms with Crippen molar-refractivity contribution in [2.24, 2.45) is 0 Å². The highest BCUT2D eigenvalue weighted by Crippen LogP contribution is 2.29. The molecule has 2 heterocycles. The monoisotopic (exact) mass is 388 g/mol. The smallest absolute Gasteiger partial charge is 0.257 e. The van der Waals surface area contributed by atoms with Gasteiger partial charge in [-0.15, -0.1) is 0 Å². The maximum Gasteiger partial charge on any atom is 0.257 e. The molecule has 0 aliphatic carbocycles. The third kappa shape index (κ3) is 3.93. The van der Waals surface area contributed by atoms with Crippen molar-refractivity contribution in [3.8, 4) is 11.5 Å². The number of aromatic nitrogens is 2. The molecule has 0 aliphatic heterocycles. The Morgan fingerprint density at radius 1 is 1.26 bits per heavy atom. The SMILES string of the molecule is Cc1oc(-c2[nH]ncc2C(=O)N(C)C)cc1S(=O)(=O)NCc1ccccc1. The first-order valence-electron chi connectivity index (χ1n) is 8.19. The molecular formula is C18H20N4O4S. The molecule has 0 unspecified atom stereocenters. The largest absolute Gasteiger partial charge is 0.458 e. The van der Waals surface area contributed by atoms with Crippen molar-refractivity contribution in [1.29, 1.82) is 0 Å². The average molecular weight is 388 g/mol. The lowest BCUT2D eigenvalue weighted by atomic mass is 10.2. The number of nitrogens with one attached hydrogen (secondary N) is 2. The van der Waals surface area contributed by atoms with Crippen molar-refractivity contribution in [2.45, 2.75) is 18.4 Å². The number of aromatic amines is 1. The number of hydrogen-bond acceptors (Lipinski definition) is 5. The zero-order chi connectivity index (χ0) is 19.6. The second-order valence-corrected chi connectivity index (χ2v) is 7.93. The fourth-order valence-electron chi connectivity index (χ4n) is 2.58. The summed E-state index contributed by atoms with van der Waals surface area (Å²) in [4.78, 5) is 13.7. The number of sulfonamides is 1. The Labute approximate surface area is 157 Å². The van der Waals surface area contributed by atoms with E-state index in [9.17, 15) is 13.2 Å². The van der Waals surface area contributed by atoms with E-state index in [1.165, 1.54) is 17.2 Å². The van der Waals surface area contributed by atoms with Crippen LogP contribution in [0, 0.1) is 6.92 Å². The van der Waals surface area contributed by atoms with Crippen LogP contribution >= 0.6 is 0 Å². The summed E-state index contributed by atoms with van der Waals surface area (Å²) in [5.74, 6) is 0.193. The number of carbonyl (C=O) groups is 1. The Hall–Kier alpha value is -2.91. The number of benzene rings is 1. The first-order valence-corrected chi connectivity index (χ1v) is 9.67. The van der Waals surface area contributed by atoms with Gasteiger partial charge < -0.3 is 9.32 Å². The highest BCUT2D eigenvalue weighted by atomic mass is 32.2. The van der Waals surface area contributed by atoms with Gasteiger partial charge in [-0.1, -0.05) is 30.3 Å². The van der Waals surface area contributed by atoms with E-state index in [-0.39, 0.29) is 28.9 Å². The zero-order valence-electron chi connectivity index (χ0n) is 15.2. The third-order valence-corrected chi connectivity index (χ3v) is 5.50. The van der Waals surface area contributed by atoms with Crippen molar-refractivity contribution in [3.05, 3.63) is 59.5 Å². The maximum absolute atomic E-state index is 12.7. The van der Waals surface area contributed by atoms with Gasteiger partial charge in [-0.3, -0.25) is 9.89 Å². The second-order valence-electron chi connectivity index (χ2n) is 6.20. The van der Waals surface area contributed by atoms with Gasteiger partial charge in [0.25, 0.3) is 5.91 Å². The predicted octanol–water partition coefficient (Wildman–Crippen LogP) is 2.16. The minimum Gasteiger partial charge on any atom is -0.458 e. The van der Waals surface area contributed by atoms with Crippen LogP contribution in [0.2, 0.25) is 0 Å². The Morgan fingerprint density at radius 2 is 1.96 bits per heavy atom. The molecule has 9 heteroatoms. The van der Waals surface area contributed by atoms with E-state index >= 15 is 0 Å². The standard InChI is InChI=1S/C18H20N4O4S/c1-12-16(27(24,25)20-10-13-7-5-4-6-8-13)9-15(26-12)17-14(11-19-21-17)18(23)22(2)3/h4-9,11,20H,10H2,1-3H3,(H,19,21). The molecule has 0 saturated carbocycles. The van der Waals surface area contributed by atoms with E-state index in [0.717, 1.165) is 5.56 Å². The summed E-state index contributed by atoms with van der Waals surface area (Å²) in [5, 5.41) is 6.58. The van der Waals surface area contributed by atoms with Crippen molar-refractivity contribution >= 4 is 15.9 Å². The van der Waals surface area contributed by atoms with Gasteiger partial charge in [0.05, 0.1) is 11.8 Å². The number of H-pyrrole nitrogens is 1. The fraction of sp³-hybridized carbons (Fsp3) is 0.222. The molecule has 27 heavy (non-hydrogen) atoms. The van der Waals surface area contributed by atoms with Crippen molar-refractivity contribution in [1.82, 2.24) is 19.8 Å². The summed E-state index contributed by atoms with van der Waals surface area (Å²) in [7, 11) is -0.540. The molecule has 0 atom stereocenters. The van der Waals surface area contributed by atoms with E-state index in [1.807, 2.05) is 30.3 Å². The molecule has 2 aromatic heterocycles. The lowest BCUT2D eigenvalue weighted by Gasteiger charge is -2.08. The molecule has 142 valence electrons. The number of amides is 1. The highest BCUT2D eigenvalue weighted by molar-refractivity contribution is 7.89. The van der Waals surface area contributed by atoms with Crippen LogP contribution in [0.15, 0.2) is 51.9 Å². The summed E-state index contributed by atoms with van der Waals surface area (Å²) >= 11 is 0. The molecule has 1 aromatic carbocycles. The minimum absolute atomic E-state index is 0.0197. The normalized spacial score (nSPS) is 11.5. The van der Waals surface area contributed by atoms with Crippen LogP contribution in [0.1, 0.15) is 21.7 Å². The zero-order valence-corrected chi connectivity index (χ0v) is 16.0. The van der Waals surface area contributed by atoms with Gasteiger partial charge in [-0.25, -0.2) is 13.1 Å². The van der Waals surface area contributed by atoms with Gasteiger partial charge in [0.2, 0.25) is 10.0 Å². The molecule has 0 saturated heterocycles. The van der Waals surface area contributed by atoms with Crippen LogP contribution in [0.3, 0.4) is 0 Å². The third-order valence-electron chi connectivity index (χ3n) is 3.99. The molecule has 3 aromatic rings. The van der Waals surface area contributed by atoms with E-state index < -0.39 is 10.0 Å². The molecule has 8 nitrogen and oxygen atoms in total. The minimum atomic E-state index is -3.78. The Balaban J connectivity index is 1.89. The Kier molecular flexibility index (Phi) is 5.15. The van der Waals surface area contributed by atoms with Gasteiger partial charge in [-0.05, 0) is 12.5 Å². The second kappa shape index (κ2) is 7.37. The van der Waals surface area contributed by atoms with Crippen LogP contribution in [0.5, 0.6) is 0 Å². The van der Waals surface area contributed by atoms with Crippen LogP contribution in [-0.4, -0.2) is 43.5 Å². The molecule has 0 bridgehead atoms. The summed E-state index contributed by atoms with van der Waals surface area (Å²) in [5.41, 5.74) is 1.48. The molecule has 0 radical (unpaired) electrons. The molecule has 0 aliphatic rings. The summed E-state index contributed by atoms with van der Waals surface area (Å²) in [6.45, 7) is 1.72. The van der Waals surface area contributed by atoms with Gasteiger partial charge in [-0.2, -0.15) is 5.10 Å². The molecule has 1 amide bonds. The summed E-state index contributed by atoms with van der Waals surface area (Å²) in [6.07, 6.45) is 1.39. The first-order chi connectivity index (χ1) is 12.8. The van der Waals surface area contributed by atoms with Gasteiger partial charge in [0.1, 0.15) is 16.3 Å². The van der Waals surface area contributed by atoms with Crippen LogP contribution in [-0.2, 0) is 16.6 Å². The van der Waals surface area contributed by atoms with Crippen molar-refractivity contribution < 1.29 is 17.6 Å².